The summed E-state index contributed by atoms with van der Waals surface area (Å²) in [6, 6.07) is 14.1. The molecule has 0 aromatic heterocycles. The van der Waals surface area contributed by atoms with E-state index in [1.807, 2.05) is 0 Å². The molecule has 0 spiro atoms. The van der Waals surface area contributed by atoms with Crippen LogP contribution in [0, 0.1) is 5.92 Å². The summed E-state index contributed by atoms with van der Waals surface area (Å²) in [5.74, 6) is 0.718. The number of rotatable bonds is 8. The fourth-order valence-electron chi connectivity index (χ4n) is 2.60. The summed E-state index contributed by atoms with van der Waals surface area (Å²) in [5, 5.41) is 0. The highest BCUT2D eigenvalue weighted by Crippen LogP contribution is 2.18. The van der Waals surface area contributed by atoms with E-state index in [9.17, 15) is 16.8 Å². The molecule has 2 N–H and O–H groups in total. The zero-order chi connectivity index (χ0) is 21.2. The predicted molar refractivity (Wildman–Crippen MR) is 110 cm³/mol. The summed E-state index contributed by atoms with van der Waals surface area (Å²) < 4.78 is 60.7. The number of benzene rings is 2. The minimum Gasteiger partial charge on any atom is -0.282 e. The zero-order valence-electron chi connectivity index (χ0n) is 16.2. The van der Waals surface area contributed by atoms with Crippen molar-refractivity contribution in [1.82, 2.24) is 0 Å². The highest BCUT2D eigenvalue weighted by molar-refractivity contribution is 7.86. The third-order valence-corrected chi connectivity index (χ3v) is 5.84. The average molecular weight is 429 g/mol. The molecule has 0 heterocycles. The molecule has 0 aliphatic carbocycles. The summed E-state index contributed by atoms with van der Waals surface area (Å²) in [6.07, 6.45) is 5.14. The van der Waals surface area contributed by atoms with Gasteiger partial charge in [-0.1, -0.05) is 69.5 Å². The van der Waals surface area contributed by atoms with Crippen molar-refractivity contribution in [2.45, 2.75) is 55.7 Å². The van der Waals surface area contributed by atoms with Gasteiger partial charge in [-0.3, -0.25) is 9.11 Å². The maximum absolute atomic E-state index is 11.2. The van der Waals surface area contributed by atoms with Gasteiger partial charge in [0.05, 0.1) is 9.79 Å². The molecular weight excluding hydrogens is 400 g/mol. The molecule has 0 aliphatic heterocycles. The minimum atomic E-state index is -4.09. The van der Waals surface area contributed by atoms with Crippen LogP contribution in [-0.2, 0) is 26.7 Å². The summed E-state index contributed by atoms with van der Waals surface area (Å²) in [4.78, 5) is -0.0242. The molecule has 8 heteroatoms. The van der Waals surface area contributed by atoms with E-state index in [1.54, 1.807) is 36.4 Å². The van der Waals surface area contributed by atoms with E-state index in [4.69, 9.17) is 9.11 Å². The molecule has 28 heavy (non-hydrogen) atoms. The van der Waals surface area contributed by atoms with Crippen LogP contribution in [0.2, 0.25) is 0 Å². The maximum atomic E-state index is 11.2. The van der Waals surface area contributed by atoms with Crippen LogP contribution in [0.5, 0.6) is 0 Å². The van der Waals surface area contributed by atoms with Gasteiger partial charge in [-0.2, -0.15) is 16.8 Å². The van der Waals surface area contributed by atoms with Crippen molar-refractivity contribution in [2.24, 2.45) is 5.92 Å². The van der Waals surface area contributed by atoms with E-state index >= 15 is 0 Å². The van der Waals surface area contributed by atoms with Crippen LogP contribution >= 0.6 is 0 Å². The van der Waals surface area contributed by atoms with Crippen LogP contribution in [-0.4, -0.2) is 25.9 Å². The Morgan fingerprint density at radius 3 is 1.82 bits per heavy atom. The standard InChI is InChI=1S/C14H22O3S.C6H6O3S/c1-12(2)8-4-3-5-9-13-10-6-7-11-14(13)18(15,16)17;7-10(8,9)6-4-2-1-3-5-6/h6-7,10-12H,3-5,8-9H2,1-2H3,(H,15,16,17);1-5H,(H,7,8,9). The van der Waals surface area contributed by atoms with E-state index in [1.165, 1.54) is 31.0 Å². The van der Waals surface area contributed by atoms with Crippen molar-refractivity contribution < 1.29 is 25.9 Å². The molecule has 0 bridgehead atoms. The predicted octanol–water partition coefficient (Wildman–Crippen LogP) is 4.63. The summed E-state index contributed by atoms with van der Waals surface area (Å²) in [5.41, 5.74) is 0.713. The van der Waals surface area contributed by atoms with Gasteiger partial charge in [0.15, 0.2) is 0 Å². The topological polar surface area (TPSA) is 109 Å². The molecule has 0 radical (unpaired) electrons. The van der Waals surface area contributed by atoms with Crippen LogP contribution in [0.15, 0.2) is 64.4 Å². The first-order valence-corrected chi connectivity index (χ1v) is 12.0. The second-order valence-electron chi connectivity index (χ2n) is 6.86. The maximum Gasteiger partial charge on any atom is 0.294 e. The van der Waals surface area contributed by atoms with E-state index in [0.29, 0.717) is 12.0 Å². The lowest BCUT2D eigenvalue weighted by atomic mass is 10.0. The molecule has 0 fully saturated rings. The molecule has 0 saturated heterocycles. The fraction of sp³-hybridized carbons (Fsp3) is 0.400. The third kappa shape index (κ3) is 9.45. The van der Waals surface area contributed by atoms with Crippen molar-refractivity contribution in [3.8, 4) is 0 Å². The Hall–Kier alpha value is -1.74. The van der Waals surface area contributed by atoms with Crippen LogP contribution in [0.3, 0.4) is 0 Å². The van der Waals surface area contributed by atoms with Gasteiger partial charge in [0, 0.05) is 0 Å². The van der Waals surface area contributed by atoms with Gasteiger partial charge in [-0.15, -0.1) is 0 Å². The second kappa shape index (κ2) is 11.3. The largest absolute Gasteiger partial charge is 0.294 e. The average Bonchev–Trinajstić information content (AvgIpc) is 2.61. The Morgan fingerprint density at radius 2 is 1.32 bits per heavy atom. The summed E-state index contributed by atoms with van der Waals surface area (Å²) >= 11 is 0. The molecule has 0 unspecified atom stereocenters. The molecule has 2 aromatic rings. The first-order chi connectivity index (χ1) is 13.0. The summed E-state index contributed by atoms with van der Waals surface area (Å²) in [6.45, 7) is 4.40. The normalized spacial score (nSPS) is 11.8. The first kappa shape index (κ1) is 24.3. The Balaban J connectivity index is 0.000000330. The quantitative estimate of drug-likeness (QED) is 0.469. The SMILES string of the molecule is CC(C)CCCCCc1ccccc1S(=O)(=O)O.O=S(=O)(O)c1ccccc1. The number of hydrogen-bond donors (Lipinski definition) is 2. The molecule has 0 amide bonds. The molecule has 2 aromatic carbocycles. The Labute approximate surface area is 168 Å². The van der Waals surface area contributed by atoms with Crippen LogP contribution < -0.4 is 0 Å². The minimum absolute atomic E-state index is 0.0499. The lowest BCUT2D eigenvalue weighted by molar-refractivity contribution is 0.480. The highest BCUT2D eigenvalue weighted by Gasteiger charge is 2.13. The van der Waals surface area contributed by atoms with Gasteiger partial charge in [-0.05, 0) is 42.5 Å². The summed E-state index contributed by atoms with van der Waals surface area (Å²) in [7, 11) is -8.09. The number of unbranched alkanes of at least 4 members (excludes halogenated alkanes) is 2. The van der Waals surface area contributed by atoms with Crippen molar-refractivity contribution in [1.29, 1.82) is 0 Å². The number of aryl methyl sites for hydroxylation is 1. The molecule has 0 aliphatic rings. The van der Waals surface area contributed by atoms with E-state index < -0.39 is 20.2 Å². The van der Waals surface area contributed by atoms with Crippen LogP contribution in [0.1, 0.15) is 45.1 Å². The molecular formula is C20H28O6S2. The van der Waals surface area contributed by atoms with Crippen LogP contribution in [0.25, 0.3) is 0 Å². The van der Waals surface area contributed by atoms with Gasteiger partial charge in [-0.25, -0.2) is 0 Å². The molecule has 156 valence electrons. The second-order valence-corrected chi connectivity index (χ2v) is 9.68. The Kier molecular flexibility index (Phi) is 9.81. The highest BCUT2D eigenvalue weighted by atomic mass is 32.2. The van der Waals surface area contributed by atoms with E-state index in [-0.39, 0.29) is 9.79 Å². The molecule has 2 rings (SSSR count). The number of hydrogen-bond acceptors (Lipinski definition) is 4. The lowest BCUT2D eigenvalue weighted by Crippen LogP contribution is -2.03. The van der Waals surface area contributed by atoms with Gasteiger partial charge in [0.1, 0.15) is 0 Å². The van der Waals surface area contributed by atoms with Crippen molar-refractivity contribution in [2.75, 3.05) is 0 Å². The monoisotopic (exact) mass is 428 g/mol. The van der Waals surface area contributed by atoms with Crippen molar-refractivity contribution >= 4 is 20.2 Å². The van der Waals surface area contributed by atoms with Gasteiger partial charge in [0.25, 0.3) is 20.2 Å². The third-order valence-electron chi connectivity index (χ3n) is 4.02. The van der Waals surface area contributed by atoms with Gasteiger partial charge < -0.3 is 0 Å². The molecule has 0 saturated carbocycles. The Morgan fingerprint density at radius 1 is 0.750 bits per heavy atom. The van der Waals surface area contributed by atoms with E-state index in [0.717, 1.165) is 18.8 Å². The Bertz CT molecular complexity index is 920. The first-order valence-electron chi connectivity index (χ1n) is 9.09. The van der Waals surface area contributed by atoms with E-state index in [2.05, 4.69) is 13.8 Å². The molecule has 0 atom stereocenters. The smallest absolute Gasteiger partial charge is 0.282 e. The van der Waals surface area contributed by atoms with Crippen LogP contribution in [0.4, 0.5) is 0 Å². The molecule has 6 nitrogen and oxygen atoms in total. The zero-order valence-corrected chi connectivity index (χ0v) is 17.8. The fourth-order valence-corrected chi connectivity index (χ4v) is 3.85. The van der Waals surface area contributed by atoms with Crippen molar-refractivity contribution in [3.05, 3.63) is 60.2 Å². The van der Waals surface area contributed by atoms with Crippen molar-refractivity contribution in [3.63, 3.8) is 0 Å². The van der Waals surface area contributed by atoms with Gasteiger partial charge in [0.2, 0.25) is 0 Å². The lowest BCUT2D eigenvalue weighted by Gasteiger charge is -2.07. The van der Waals surface area contributed by atoms with Gasteiger partial charge >= 0.3 is 0 Å².